The molecule has 0 aliphatic carbocycles. The van der Waals surface area contributed by atoms with E-state index in [0.29, 0.717) is 35.7 Å². The molecule has 2 aromatic carbocycles. The van der Waals surface area contributed by atoms with E-state index in [1.54, 1.807) is 18.2 Å². The normalized spacial score (nSPS) is 16.6. The van der Waals surface area contributed by atoms with Crippen LogP contribution in [-0.2, 0) is 14.8 Å². The van der Waals surface area contributed by atoms with Gasteiger partial charge in [-0.3, -0.25) is 9.52 Å². The van der Waals surface area contributed by atoms with Gasteiger partial charge in [-0.2, -0.15) is 5.10 Å². The maximum atomic E-state index is 12.3. The van der Waals surface area contributed by atoms with Crippen molar-refractivity contribution < 1.29 is 17.9 Å². The first-order valence-corrected chi connectivity index (χ1v) is 10.9. The molecule has 1 aliphatic heterocycles. The van der Waals surface area contributed by atoms with E-state index in [2.05, 4.69) is 9.82 Å². The number of benzene rings is 2. The molecule has 0 unspecified atom stereocenters. The number of rotatable bonds is 6. The van der Waals surface area contributed by atoms with E-state index in [0.717, 1.165) is 11.8 Å². The number of para-hydroxylation sites is 2. The van der Waals surface area contributed by atoms with Crippen molar-refractivity contribution in [3.63, 3.8) is 0 Å². The fourth-order valence-corrected chi connectivity index (χ4v) is 3.85. The Morgan fingerprint density at radius 2 is 1.89 bits per heavy atom. The number of nitrogens with zero attached hydrogens (tertiary/aromatic N) is 2. The smallest absolute Gasteiger partial charge is 0.240 e. The number of nitrogens with one attached hydrogen (secondary N) is 1. The van der Waals surface area contributed by atoms with Gasteiger partial charge in [0.05, 0.1) is 30.3 Å². The number of carbonyl (C=O) groups is 1. The van der Waals surface area contributed by atoms with Crippen molar-refractivity contribution in [3.8, 4) is 5.75 Å². The van der Waals surface area contributed by atoms with Gasteiger partial charge in [-0.1, -0.05) is 36.4 Å². The van der Waals surface area contributed by atoms with E-state index in [-0.39, 0.29) is 11.9 Å². The van der Waals surface area contributed by atoms with Crippen LogP contribution in [-0.4, -0.2) is 37.9 Å². The monoisotopic (exact) mass is 401 g/mol. The van der Waals surface area contributed by atoms with E-state index in [4.69, 9.17) is 4.74 Å². The zero-order chi connectivity index (χ0) is 20.3. The number of amides is 1. The van der Waals surface area contributed by atoms with Crippen molar-refractivity contribution in [3.05, 3.63) is 59.7 Å². The first kappa shape index (κ1) is 19.9. The highest BCUT2D eigenvalue weighted by Crippen LogP contribution is 2.38. The fourth-order valence-electron chi connectivity index (χ4n) is 3.27. The summed E-state index contributed by atoms with van der Waals surface area (Å²) in [5.74, 6) is 0.514. The lowest BCUT2D eigenvalue weighted by molar-refractivity contribution is -0.130. The predicted molar refractivity (Wildman–Crippen MR) is 109 cm³/mol. The summed E-state index contributed by atoms with van der Waals surface area (Å²) in [5, 5.41) is 5.95. The van der Waals surface area contributed by atoms with Crippen LogP contribution in [0.25, 0.3) is 0 Å². The average Bonchev–Trinajstić information content (AvgIpc) is 3.07. The van der Waals surface area contributed by atoms with Crippen LogP contribution in [0.1, 0.15) is 37.4 Å². The summed E-state index contributed by atoms with van der Waals surface area (Å²) in [6, 6.07) is 14.3. The third kappa shape index (κ3) is 4.33. The molecule has 28 heavy (non-hydrogen) atoms. The lowest BCUT2D eigenvalue weighted by Gasteiger charge is -2.22. The minimum absolute atomic E-state index is 0.195. The second-order valence-electron chi connectivity index (χ2n) is 6.52. The number of hydrazone groups is 1. The van der Waals surface area contributed by atoms with E-state index < -0.39 is 10.0 Å². The van der Waals surface area contributed by atoms with Gasteiger partial charge in [-0.25, -0.2) is 13.4 Å². The largest absolute Gasteiger partial charge is 0.494 e. The fraction of sp³-hybridized carbons (Fsp3) is 0.300. The third-order valence-electron chi connectivity index (χ3n) is 4.34. The molecular weight excluding hydrogens is 378 g/mol. The first-order chi connectivity index (χ1) is 13.3. The predicted octanol–water partition coefficient (Wildman–Crippen LogP) is 3.15. The molecule has 3 rings (SSSR count). The van der Waals surface area contributed by atoms with Gasteiger partial charge >= 0.3 is 0 Å². The molecule has 1 amide bonds. The highest BCUT2D eigenvalue weighted by atomic mass is 32.2. The van der Waals surface area contributed by atoms with Crippen LogP contribution in [0.5, 0.6) is 5.75 Å². The van der Waals surface area contributed by atoms with Crippen molar-refractivity contribution in [1.29, 1.82) is 0 Å². The van der Waals surface area contributed by atoms with Crippen LogP contribution in [0, 0.1) is 0 Å². The summed E-state index contributed by atoms with van der Waals surface area (Å²) < 4.78 is 31.7. The van der Waals surface area contributed by atoms with Crippen molar-refractivity contribution in [1.82, 2.24) is 5.01 Å². The van der Waals surface area contributed by atoms with E-state index in [9.17, 15) is 13.2 Å². The Balaban J connectivity index is 2.01. The Kier molecular flexibility index (Phi) is 5.69. The Bertz CT molecular complexity index is 1020. The van der Waals surface area contributed by atoms with Gasteiger partial charge in [0.1, 0.15) is 5.75 Å². The topological polar surface area (TPSA) is 88.1 Å². The maximum absolute atomic E-state index is 12.3. The lowest BCUT2D eigenvalue weighted by atomic mass is 9.97. The molecule has 0 spiro atoms. The van der Waals surface area contributed by atoms with Gasteiger partial charge < -0.3 is 4.74 Å². The van der Waals surface area contributed by atoms with Gasteiger partial charge in [0.25, 0.3) is 0 Å². The molecular formula is C20H23N3O4S. The van der Waals surface area contributed by atoms with E-state index in [1.807, 2.05) is 37.3 Å². The molecule has 2 aromatic rings. The van der Waals surface area contributed by atoms with Crippen LogP contribution in [0.4, 0.5) is 5.69 Å². The number of sulfonamides is 1. The standard InChI is InChI=1S/C20H23N3O4S/c1-4-27-20-12-8-6-10-16(20)19-13-18(21-23(19)14(2)24)15-9-5-7-11-17(15)22-28(3,25)26/h5-12,19,22H,4,13H2,1-3H3/t19-/m0/s1. The molecule has 0 radical (unpaired) electrons. The van der Waals surface area contributed by atoms with Crippen LogP contribution >= 0.6 is 0 Å². The Morgan fingerprint density at radius 1 is 1.21 bits per heavy atom. The molecule has 8 heteroatoms. The first-order valence-electron chi connectivity index (χ1n) is 8.96. The van der Waals surface area contributed by atoms with Gasteiger partial charge in [-0.05, 0) is 19.1 Å². The summed E-state index contributed by atoms with van der Waals surface area (Å²) in [4.78, 5) is 12.3. The van der Waals surface area contributed by atoms with E-state index >= 15 is 0 Å². The summed E-state index contributed by atoms with van der Waals surface area (Å²) >= 11 is 0. The summed E-state index contributed by atoms with van der Waals surface area (Å²) in [5.41, 5.74) is 2.59. The number of hydrogen-bond donors (Lipinski definition) is 1. The van der Waals surface area contributed by atoms with Crippen LogP contribution in [0.15, 0.2) is 53.6 Å². The quantitative estimate of drug-likeness (QED) is 0.805. The van der Waals surface area contributed by atoms with E-state index in [1.165, 1.54) is 11.9 Å². The molecule has 0 saturated carbocycles. The Morgan fingerprint density at radius 3 is 2.57 bits per heavy atom. The molecule has 0 aromatic heterocycles. The van der Waals surface area contributed by atoms with Gasteiger partial charge in [0.2, 0.25) is 15.9 Å². The molecule has 1 aliphatic rings. The molecule has 1 atom stereocenters. The Hall–Kier alpha value is -2.87. The molecule has 0 saturated heterocycles. The van der Waals surface area contributed by atoms with Gasteiger partial charge in [0, 0.05) is 24.5 Å². The molecule has 148 valence electrons. The zero-order valence-corrected chi connectivity index (χ0v) is 16.9. The second kappa shape index (κ2) is 8.02. The molecule has 7 nitrogen and oxygen atoms in total. The average molecular weight is 401 g/mol. The lowest BCUT2D eigenvalue weighted by Crippen LogP contribution is -2.24. The summed E-state index contributed by atoms with van der Waals surface area (Å²) in [6.07, 6.45) is 1.55. The van der Waals surface area contributed by atoms with Crippen LogP contribution < -0.4 is 9.46 Å². The van der Waals surface area contributed by atoms with Crippen molar-refractivity contribution in [2.45, 2.75) is 26.3 Å². The Labute approximate surface area is 165 Å². The van der Waals surface area contributed by atoms with Crippen molar-refractivity contribution in [2.24, 2.45) is 5.10 Å². The van der Waals surface area contributed by atoms with Crippen molar-refractivity contribution >= 4 is 27.3 Å². The number of ether oxygens (including phenoxy) is 1. The summed E-state index contributed by atoms with van der Waals surface area (Å²) in [7, 11) is -3.44. The third-order valence-corrected chi connectivity index (χ3v) is 4.93. The SMILES string of the molecule is CCOc1ccccc1[C@@H]1CC(c2ccccc2NS(C)(=O)=O)=NN1C(C)=O. The van der Waals surface area contributed by atoms with Crippen molar-refractivity contribution in [2.75, 3.05) is 17.6 Å². The zero-order valence-electron chi connectivity index (χ0n) is 16.0. The van der Waals surface area contributed by atoms with Gasteiger partial charge in [-0.15, -0.1) is 0 Å². The maximum Gasteiger partial charge on any atom is 0.240 e. The number of hydrogen-bond acceptors (Lipinski definition) is 5. The summed E-state index contributed by atoms with van der Waals surface area (Å²) in [6.45, 7) is 3.88. The van der Waals surface area contributed by atoms with Gasteiger partial charge in [0.15, 0.2) is 0 Å². The minimum Gasteiger partial charge on any atom is -0.494 e. The molecule has 0 fully saturated rings. The minimum atomic E-state index is -3.44. The number of carbonyl (C=O) groups excluding carboxylic acids is 1. The van der Waals surface area contributed by atoms with Crippen LogP contribution in [0.3, 0.4) is 0 Å². The molecule has 1 heterocycles. The number of anilines is 1. The second-order valence-corrected chi connectivity index (χ2v) is 8.27. The van der Waals surface area contributed by atoms with Crippen LogP contribution in [0.2, 0.25) is 0 Å². The molecule has 1 N–H and O–H groups in total. The molecule has 0 bridgehead atoms. The highest BCUT2D eigenvalue weighted by molar-refractivity contribution is 7.92. The highest BCUT2D eigenvalue weighted by Gasteiger charge is 2.34.